The molecule has 0 radical (unpaired) electrons. The number of fused-ring (bicyclic) bond motifs is 13. The Morgan fingerprint density at radius 2 is 1.10 bits per heavy atom. The summed E-state index contributed by atoms with van der Waals surface area (Å²) in [6.07, 6.45) is 10.2. The van der Waals surface area contributed by atoms with E-state index >= 15 is 0 Å². The number of nitrogens with zero attached hydrogens (tertiary/aromatic N) is 2. The minimum Gasteiger partial charge on any atom is -0.456 e. The molecule has 0 bridgehead atoms. The first kappa shape index (κ1) is 43.9. The van der Waals surface area contributed by atoms with Crippen LogP contribution >= 0.6 is 11.3 Å². The van der Waals surface area contributed by atoms with E-state index < -0.39 is 5.41 Å². The van der Waals surface area contributed by atoms with Gasteiger partial charge in [0, 0.05) is 70.0 Å². The first-order chi connectivity index (χ1) is 38.2. The molecule has 0 saturated carbocycles. The Morgan fingerprint density at radius 3 is 1.91 bits per heavy atom. The summed E-state index contributed by atoms with van der Waals surface area (Å²) in [5, 5.41) is 7.25. The summed E-state index contributed by atoms with van der Waals surface area (Å²) in [5.41, 5.74) is 19.7. The largest absolute Gasteiger partial charge is 0.456 e. The highest BCUT2D eigenvalue weighted by molar-refractivity contribution is 7.26. The number of thiophene rings is 1. The molecule has 0 aliphatic heterocycles. The van der Waals surface area contributed by atoms with Gasteiger partial charge < -0.3 is 13.9 Å². The van der Waals surface area contributed by atoms with Crippen LogP contribution in [-0.4, -0.2) is 4.57 Å². The van der Waals surface area contributed by atoms with Crippen molar-refractivity contribution in [2.75, 3.05) is 4.90 Å². The molecular formula is C73H48N2OS. The normalized spacial score (nSPS) is 15.8. The lowest BCUT2D eigenvalue weighted by Crippen LogP contribution is -2.35. The van der Waals surface area contributed by atoms with Gasteiger partial charge in [0.2, 0.25) is 0 Å². The van der Waals surface area contributed by atoms with Gasteiger partial charge in [0.05, 0.1) is 16.4 Å². The van der Waals surface area contributed by atoms with Crippen LogP contribution in [0.5, 0.6) is 0 Å². The van der Waals surface area contributed by atoms with E-state index in [4.69, 9.17) is 4.42 Å². The minimum atomic E-state index is -0.394. The Balaban J connectivity index is 0.890. The molecule has 0 saturated heterocycles. The molecule has 2 atom stereocenters. The molecule has 3 nitrogen and oxygen atoms in total. The predicted molar refractivity (Wildman–Crippen MR) is 325 cm³/mol. The molecule has 11 aromatic carbocycles. The van der Waals surface area contributed by atoms with E-state index in [1.807, 2.05) is 17.4 Å². The van der Waals surface area contributed by atoms with Gasteiger partial charge in [0.25, 0.3) is 0 Å². The van der Waals surface area contributed by atoms with E-state index in [0.717, 1.165) is 51.1 Å². The number of benzene rings is 11. The highest BCUT2D eigenvalue weighted by atomic mass is 32.1. The SMILES string of the molecule is C1=CCC(C2(c3ccccc3)c3ccccc3-c3ccc(N(c4ccc(-c5ccccc5)cc4)c4ccc(-c5cc6c7ccccc7n(-c7ccc8oc9ccccc9c8c7)c6c6c5sc5ccccc56)cc4)cc32)C=C1. The van der Waals surface area contributed by atoms with Gasteiger partial charge in [-0.2, -0.15) is 0 Å². The first-order valence-corrected chi connectivity index (χ1v) is 27.5. The average Bonchev–Trinajstić information content (AvgIpc) is 4.39. The lowest BCUT2D eigenvalue weighted by Gasteiger charge is -2.40. The van der Waals surface area contributed by atoms with Gasteiger partial charge in [0.1, 0.15) is 11.2 Å². The van der Waals surface area contributed by atoms with Gasteiger partial charge in [0.15, 0.2) is 0 Å². The first-order valence-electron chi connectivity index (χ1n) is 26.7. The molecule has 362 valence electrons. The summed E-state index contributed by atoms with van der Waals surface area (Å²) in [4.78, 5) is 2.46. The second-order valence-electron chi connectivity index (χ2n) is 20.7. The van der Waals surface area contributed by atoms with Gasteiger partial charge in [-0.25, -0.2) is 0 Å². The van der Waals surface area contributed by atoms with Crippen LogP contribution in [0.4, 0.5) is 17.1 Å². The van der Waals surface area contributed by atoms with Gasteiger partial charge in [-0.05, 0) is 136 Å². The second-order valence-corrected chi connectivity index (χ2v) is 21.7. The second kappa shape index (κ2) is 17.3. The van der Waals surface area contributed by atoms with E-state index in [1.165, 1.54) is 92.0 Å². The molecule has 0 N–H and O–H groups in total. The molecule has 2 aliphatic carbocycles. The summed E-state index contributed by atoms with van der Waals surface area (Å²) < 4.78 is 11.4. The van der Waals surface area contributed by atoms with E-state index in [9.17, 15) is 0 Å². The smallest absolute Gasteiger partial charge is 0.135 e. The van der Waals surface area contributed by atoms with Gasteiger partial charge in [-0.15, -0.1) is 11.3 Å². The molecule has 0 fully saturated rings. The zero-order valence-electron chi connectivity index (χ0n) is 42.0. The summed E-state index contributed by atoms with van der Waals surface area (Å²) in [6.45, 7) is 0. The topological polar surface area (TPSA) is 21.3 Å². The number of furan rings is 1. The van der Waals surface area contributed by atoms with Crippen molar-refractivity contribution < 1.29 is 4.42 Å². The van der Waals surface area contributed by atoms with Crippen LogP contribution in [0.2, 0.25) is 0 Å². The third-order valence-corrected chi connectivity index (χ3v) is 17.9. The fourth-order valence-electron chi connectivity index (χ4n) is 13.3. The fourth-order valence-corrected chi connectivity index (χ4v) is 14.6. The third kappa shape index (κ3) is 6.62. The molecular weight excluding hydrogens is 953 g/mol. The molecule has 3 aromatic heterocycles. The number of para-hydroxylation sites is 2. The van der Waals surface area contributed by atoms with Crippen LogP contribution in [0, 0.1) is 5.92 Å². The number of aromatic nitrogens is 1. The number of anilines is 3. The Bertz CT molecular complexity index is 4710. The fraction of sp³-hybridized carbons (Fsp3) is 0.0411. The number of rotatable bonds is 8. The van der Waals surface area contributed by atoms with Crippen LogP contribution in [0.1, 0.15) is 23.1 Å². The summed E-state index contributed by atoms with van der Waals surface area (Å²) in [7, 11) is 0. The molecule has 2 aliphatic rings. The Labute approximate surface area is 450 Å². The van der Waals surface area contributed by atoms with Crippen molar-refractivity contribution in [2.24, 2.45) is 5.92 Å². The zero-order valence-corrected chi connectivity index (χ0v) is 42.8. The van der Waals surface area contributed by atoms with Crippen molar-refractivity contribution in [3.8, 4) is 39.1 Å². The quantitative estimate of drug-likeness (QED) is 0.151. The van der Waals surface area contributed by atoms with E-state index in [2.05, 4.69) is 276 Å². The molecule has 77 heavy (non-hydrogen) atoms. The predicted octanol–water partition coefficient (Wildman–Crippen LogP) is 20.3. The van der Waals surface area contributed by atoms with Crippen molar-refractivity contribution in [1.29, 1.82) is 0 Å². The highest BCUT2D eigenvalue weighted by Crippen LogP contribution is 2.59. The van der Waals surface area contributed by atoms with Gasteiger partial charge in [-0.1, -0.05) is 194 Å². The van der Waals surface area contributed by atoms with Crippen LogP contribution in [0.3, 0.4) is 0 Å². The summed E-state index contributed by atoms with van der Waals surface area (Å²) in [5.74, 6) is 0.225. The molecule has 0 amide bonds. The maximum absolute atomic E-state index is 6.34. The third-order valence-electron chi connectivity index (χ3n) is 16.7. The molecule has 16 rings (SSSR count). The van der Waals surface area contributed by atoms with Crippen molar-refractivity contribution >= 4 is 92.3 Å². The summed E-state index contributed by atoms with van der Waals surface area (Å²) >= 11 is 1.89. The highest BCUT2D eigenvalue weighted by Gasteiger charge is 2.49. The average molecular weight is 1000 g/mol. The number of allylic oxidation sites excluding steroid dienone is 4. The van der Waals surface area contributed by atoms with Crippen molar-refractivity contribution in [3.05, 3.63) is 290 Å². The molecule has 2 unspecified atom stereocenters. The Kier molecular flexibility index (Phi) is 9.85. The van der Waals surface area contributed by atoms with Crippen molar-refractivity contribution in [1.82, 2.24) is 4.57 Å². The number of hydrogen-bond acceptors (Lipinski definition) is 3. The van der Waals surface area contributed by atoms with Crippen molar-refractivity contribution in [3.63, 3.8) is 0 Å². The molecule has 14 aromatic rings. The Morgan fingerprint density at radius 1 is 0.455 bits per heavy atom. The molecule has 4 heteroatoms. The monoisotopic (exact) mass is 1000 g/mol. The van der Waals surface area contributed by atoms with Crippen LogP contribution in [0.25, 0.3) is 103 Å². The van der Waals surface area contributed by atoms with E-state index in [-0.39, 0.29) is 5.92 Å². The lowest BCUT2D eigenvalue weighted by atomic mass is 9.62. The van der Waals surface area contributed by atoms with Crippen molar-refractivity contribution in [2.45, 2.75) is 11.8 Å². The molecule has 0 spiro atoms. The Hall–Kier alpha value is -9.48. The maximum atomic E-state index is 6.34. The maximum Gasteiger partial charge on any atom is 0.135 e. The van der Waals surface area contributed by atoms with Gasteiger partial charge in [-0.3, -0.25) is 0 Å². The van der Waals surface area contributed by atoms with E-state index in [1.54, 1.807) is 0 Å². The minimum absolute atomic E-state index is 0.225. The van der Waals surface area contributed by atoms with Gasteiger partial charge >= 0.3 is 0 Å². The zero-order chi connectivity index (χ0) is 50.6. The van der Waals surface area contributed by atoms with Crippen LogP contribution < -0.4 is 4.90 Å². The summed E-state index contributed by atoms with van der Waals surface area (Å²) in [6, 6.07) is 92.0. The molecule has 3 heterocycles. The van der Waals surface area contributed by atoms with E-state index in [0.29, 0.717) is 0 Å². The van der Waals surface area contributed by atoms with Crippen LogP contribution in [-0.2, 0) is 5.41 Å². The number of hydrogen-bond donors (Lipinski definition) is 0. The lowest BCUT2D eigenvalue weighted by molar-refractivity contribution is 0.457. The van der Waals surface area contributed by atoms with Crippen LogP contribution in [0.15, 0.2) is 277 Å². The standard InChI is InChI=1S/C73H48N2OS/c1-4-18-47(19-5-1)48-32-36-52(37-33-48)74(55-40-42-57-56-24-10-14-28-64(56)73(65(57)45-55,50-20-6-2-7-21-50)51-22-8-3-9-23-51)53-38-34-49(35-39-53)61-46-63-58-25-11-15-29-66(58)75(71(63)70-60-27-13-17-31-69(60)77-72(61)70)54-41-43-68-62(44-54)59-26-12-16-30-67(59)76-68/h1-22,24-46,51H,23H2.